The molecule has 100 valence electrons. The SMILES string of the molecule is CCOC1CC(CC(=O)NC(C)(CBr)CBr)C1. The van der Waals surface area contributed by atoms with E-state index in [0.29, 0.717) is 18.4 Å². The molecule has 0 bridgehead atoms. The highest BCUT2D eigenvalue weighted by Gasteiger charge is 2.32. The lowest BCUT2D eigenvalue weighted by Gasteiger charge is -2.35. The number of hydrogen-bond acceptors (Lipinski definition) is 2. The third-order valence-corrected chi connectivity index (χ3v) is 5.58. The van der Waals surface area contributed by atoms with Gasteiger partial charge in [0.05, 0.1) is 11.6 Å². The number of halogens is 2. The topological polar surface area (TPSA) is 38.3 Å². The quantitative estimate of drug-likeness (QED) is 0.699. The van der Waals surface area contributed by atoms with E-state index in [1.807, 2.05) is 13.8 Å². The van der Waals surface area contributed by atoms with Crippen LogP contribution in [0.1, 0.15) is 33.1 Å². The Bertz CT molecular complexity index is 251. The Hall–Kier alpha value is 0.390. The standard InChI is InChI=1S/C12H21Br2NO2/c1-3-17-10-4-9(5-10)6-11(16)15-12(2,7-13)8-14/h9-10H,3-8H2,1-2H3,(H,15,16). The van der Waals surface area contributed by atoms with Gasteiger partial charge in [0.2, 0.25) is 5.91 Å². The molecular formula is C12H21Br2NO2. The van der Waals surface area contributed by atoms with Gasteiger partial charge in [0.15, 0.2) is 0 Å². The second-order valence-corrected chi connectivity index (χ2v) is 6.12. The molecule has 0 aromatic carbocycles. The first kappa shape index (κ1) is 15.4. The molecule has 0 aromatic rings. The van der Waals surface area contributed by atoms with Crippen molar-refractivity contribution < 1.29 is 9.53 Å². The van der Waals surface area contributed by atoms with Gasteiger partial charge in [-0.1, -0.05) is 31.9 Å². The van der Waals surface area contributed by atoms with E-state index in [1.54, 1.807) is 0 Å². The van der Waals surface area contributed by atoms with Gasteiger partial charge >= 0.3 is 0 Å². The maximum Gasteiger partial charge on any atom is 0.220 e. The Balaban J connectivity index is 2.23. The maximum absolute atomic E-state index is 11.9. The number of alkyl halides is 2. The molecule has 0 heterocycles. The van der Waals surface area contributed by atoms with Gasteiger partial charge in [-0.2, -0.15) is 0 Å². The first-order chi connectivity index (χ1) is 8.03. The van der Waals surface area contributed by atoms with Gasteiger partial charge in [-0.05, 0) is 32.6 Å². The van der Waals surface area contributed by atoms with Crippen molar-refractivity contribution in [3.05, 3.63) is 0 Å². The minimum absolute atomic E-state index is 0.145. The lowest BCUT2D eigenvalue weighted by atomic mass is 9.79. The lowest BCUT2D eigenvalue weighted by Crippen LogP contribution is -2.50. The molecule has 1 amide bonds. The van der Waals surface area contributed by atoms with Crippen molar-refractivity contribution in [1.82, 2.24) is 5.32 Å². The summed E-state index contributed by atoms with van der Waals surface area (Å²) in [5.74, 6) is 0.646. The number of hydrogen-bond donors (Lipinski definition) is 1. The fourth-order valence-electron chi connectivity index (χ4n) is 1.97. The molecule has 5 heteroatoms. The number of nitrogens with one attached hydrogen (secondary N) is 1. The van der Waals surface area contributed by atoms with E-state index in [1.165, 1.54) is 0 Å². The first-order valence-corrected chi connectivity index (χ1v) is 8.31. The van der Waals surface area contributed by atoms with Crippen LogP contribution in [-0.4, -0.2) is 34.8 Å². The van der Waals surface area contributed by atoms with Gasteiger partial charge in [0, 0.05) is 23.7 Å². The van der Waals surface area contributed by atoms with Crippen LogP contribution in [0.4, 0.5) is 0 Å². The number of carbonyl (C=O) groups is 1. The number of rotatable bonds is 7. The molecule has 3 nitrogen and oxygen atoms in total. The molecule has 0 atom stereocenters. The summed E-state index contributed by atoms with van der Waals surface area (Å²) in [5.41, 5.74) is -0.194. The number of carbonyl (C=O) groups excluding carboxylic acids is 1. The van der Waals surface area contributed by atoms with E-state index in [-0.39, 0.29) is 11.4 Å². The van der Waals surface area contributed by atoms with Crippen molar-refractivity contribution in [2.45, 2.75) is 44.8 Å². The molecule has 0 saturated heterocycles. The summed E-state index contributed by atoms with van der Waals surface area (Å²) < 4.78 is 5.49. The highest BCUT2D eigenvalue weighted by atomic mass is 79.9. The van der Waals surface area contributed by atoms with Crippen molar-refractivity contribution >= 4 is 37.8 Å². The molecular weight excluding hydrogens is 350 g/mol. The van der Waals surface area contributed by atoms with Crippen LogP contribution in [0.5, 0.6) is 0 Å². The summed E-state index contributed by atoms with van der Waals surface area (Å²) in [7, 11) is 0. The minimum atomic E-state index is -0.194. The second kappa shape index (κ2) is 7.10. The Morgan fingerprint density at radius 2 is 2.00 bits per heavy atom. The van der Waals surface area contributed by atoms with Crippen molar-refractivity contribution in [3.8, 4) is 0 Å². The van der Waals surface area contributed by atoms with Crippen LogP contribution < -0.4 is 5.32 Å². The summed E-state index contributed by atoms with van der Waals surface area (Å²) in [4.78, 5) is 11.9. The zero-order valence-corrected chi connectivity index (χ0v) is 13.6. The van der Waals surface area contributed by atoms with Gasteiger partial charge in [0.1, 0.15) is 0 Å². The average Bonchev–Trinajstić information content (AvgIpc) is 2.26. The van der Waals surface area contributed by atoms with E-state index in [9.17, 15) is 4.79 Å². The third-order valence-electron chi connectivity index (χ3n) is 3.10. The molecule has 0 aliphatic heterocycles. The Kier molecular flexibility index (Phi) is 6.45. The fraction of sp³-hybridized carbons (Fsp3) is 0.917. The van der Waals surface area contributed by atoms with Crippen LogP contribution in [0, 0.1) is 5.92 Å². The van der Waals surface area contributed by atoms with E-state index in [2.05, 4.69) is 37.2 Å². The van der Waals surface area contributed by atoms with Crippen LogP contribution in [0.3, 0.4) is 0 Å². The normalized spacial score (nSPS) is 24.2. The van der Waals surface area contributed by atoms with Crippen molar-refractivity contribution in [2.24, 2.45) is 5.92 Å². The molecule has 0 aromatic heterocycles. The third kappa shape index (κ3) is 4.87. The largest absolute Gasteiger partial charge is 0.378 e. The molecule has 17 heavy (non-hydrogen) atoms. The fourth-order valence-corrected chi connectivity index (χ4v) is 3.17. The number of amides is 1. The molecule has 1 fully saturated rings. The molecule has 1 N–H and O–H groups in total. The van der Waals surface area contributed by atoms with Crippen LogP contribution in [0.15, 0.2) is 0 Å². The van der Waals surface area contributed by atoms with Crippen LogP contribution in [0.2, 0.25) is 0 Å². The molecule has 1 aliphatic rings. The molecule has 1 rings (SSSR count). The maximum atomic E-state index is 11.9. The van der Waals surface area contributed by atoms with Crippen molar-refractivity contribution in [3.63, 3.8) is 0 Å². The minimum Gasteiger partial charge on any atom is -0.378 e. The summed E-state index contributed by atoms with van der Waals surface area (Å²) >= 11 is 6.85. The monoisotopic (exact) mass is 369 g/mol. The van der Waals surface area contributed by atoms with Gasteiger partial charge in [-0.15, -0.1) is 0 Å². The molecule has 0 radical (unpaired) electrons. The van der Waals surface area contributed by atoms with Crippen molar-refractivity contribution in [2.75, 3.05) is 17.3 Å². The van der Waals surface area contributed by atoms with Crippen LogP contribution in [0.25, 0.3) is 0 Å². The highest BCUT2D eigenvalue weighted by Crippen LogP contribution is 2.32. The highest BCUT2D eigenvalue weighted by molar-refractivity contribution is 9.09. The van der Waals surface area contributed by atoms with E-state index in [4.69, 9.17) is 4.74 Å². The zero-order chi connectivity index (χ0) is 12.9. The van der Waals surface area contributed by atoms with Crippen molar-refractivity contribution in [1.29, 1.82) is 0 Å². The Labute approximate surface area is 120 Å². The first-order valence-electron chi connectivity index (χ1n) is 6.07. The van der Waals surface area contributed by atoms with E-state index in [0.717, 1.165) is 30.1 Å². The summed E-state index contributed by atoms with van der Waals surface area (Å²) in [6.45, 7) is 4.81. The summed E-state index contributed by atoms with van der Waals surface area (Å²) in [5, 5.41) is 4.57. The van der Waals surface area contributed by atoms with Gasteiger partial charge < -0.3 is 10.1 Å². The van der Waals surface area contributed by atoms with Gasteiger partial charge in [-0.3, -0.25) is 4.79 Å². The van der Waals surface area contributed by atoms with Gasteiger partial charge in [0.25, 0.3) is 0 Å². The second-order valence-electron chi connectivity index (χ2n) is 5.00. The predicted molar refractivity (Wildman–Crippen MR) is 76.9 cm³/mol. The lowest BCUT2D eigenvalue weighted by molar-refractivity contribution is -0.125. The Morgan fingerprint density at radius 3 is 2.47 bits per heavy atom. The molecule has 1 saturated carbocycles. The molecule has 0 spiro atoms. The smallest absolute Gasteiger partial charge is 0.220 e. The predicted octanol–water partition coefficient (Wildman–Crippen LogP) is 2.86. The Morgan fingerprint density at radius 1 is 1.41 bits per heavy atom. The van der Waals surface area contributed by atoms with Gasteiger partial charge in [-0.25, -0.2) is 0 Å². The molecule has 1 aliphatic carbocycles. The summed E-state index contributed by atoms with van der Waals surface area (Å²) in [6.07, 6.45) is 3.07. The van der Waals surface area contributed by atoms with E-state index >= 15 is 0 Å². The average molecular weight is 371 g/mol. The number of ether oxygens (including phenoxy) is 1. The van der Waals surface area contributed by atoms with Crippen LogP contribution in [-0.2, 0) is 9.53 Å². The summed E-state index contributed by atoms with van der Waals surface area (Å²) in [6, 6.07) is 0. The van der Waals surface area contributed by atoms with E-state index < -0.39 is 0 Å². The zero-order valence-electron chi connectivity index (χ0n) is 10.5. The van der Waals surface area contributed by atoms with Crippen LogP contribution >= 0.6 is 31.9 Å². The molecule has 0 unspecified atom stereocenters.